The number of hydrogen-bond donors (Lipinski definition) is 3. The lowest BCUT2D eigenvalue weighted by molar-refractivity contribution is -0.142. The van der Waals surface area contributed by atoms with Crippen LogP contribution in [-0.4, -0.2) is 34.7 Å². The lowest BCUT2D eigenvalue weighted by Gasteiger charge is -2.12. The maximum Gasteiger partial charge on any atom is 0.326 e. The van der Waals surface area contributed by atoms with Crippen molar-refractivity contribution in [3.63, 3.8) is 0 Å². The van der Waals surface area contributed by atoms with E-state index in [1.54, 1.807) is 0 Å². The molecule has 0 aromatic rings. The van der Waals surface area contributed by atoms with Gasteiger partial charge in [0.15, 0.2) is 0 Å². The number of carbonyl (C=O) groups is 2. The van der Waals surface area contributed by atoms with Crippen LogP contribution in [0.2, 0.25) is 0 Å². The summed E-state index contributed by atoms with van der Waals surface area (Å²) in [5.74, 6) is -1.32. The van der Waals surface area contributed by atoms with E-state index in [2.05, 4.69) is 12.2 Å². The molecule has 0 saturated heterocycles. The van der Waals surface area contributed by atoms with Crippen molar-refractivity contribution in [1.82, 2.24) is 5.32 Å². The monoisotopic (exact) mass is 385 g/mol. The standard InChI is InChI=1S/C22H43NO4/c1-2-3-4-5-6-7-8-9-10-11-12-13-14-15-16-17-21(25)23-20(18-19-24)22(26)27/h20,24H,2-19H2,1H3,(H,23,25)(H,26,27)/t20-/m0/s1. The minimum absolute atomic E-state index is 0.0555. The topological polar surface area (TPSA) is 86.6 Å². The Morgan fingerprint density at radius 3 is 1.52 bits per heavy atom. The summed E-state index contributed by atoms with van der Waals surface area (Å²) in [7, 11) is 0. The summed E-state index contributed by atoms with van der Waals surface area (Å²) in [6, 6.07) is -0.973. The summed E-state index contributed by atoms with van der Waals surface area (Å²) in [6.07, 6.45) is 19.6. The Balaban J connectivity index is 3.33. The molecule has 0 fully saturated rings. The van der Waals surface area contributed by atoms with Crippen molar-refractivity contribution in [2.75, 3.05) is 6.61 Å². The fourth-order valence-electron chi connectivity index (χ4n) is 3.31. The smallest absolute Gasteiger partial charge is 0.326 e. The van der Waals surface area contributed by atoms with Crippen LogP contribution in [0, 0.1) is 0 Å². The first kappa shape index (κ1) is 25.9. The molecule has 0 aliphatic rings. The molecular weight excluding hydrogens is 342 g/mol. The Labute approximate surface area is 166 Å². The molecule has 0 aromatic heterocycles. The van der Waals surface area contributed by atoms with Crippen LogP contribution in [0.3, 0.4) is 0 Å². The summed E-state index contributed by atoms with van der Waals surface area (Å²) in [6.45, 7) is 2.02. The van der Waals surface area contributed by atoms with Gasteiger partial charge in [-0.3, -0.25) is 4.79 Å². The SMILES string of the molecule is CCCCCCCCCCCCCCCCCC(=O)N[C@@H](CCO)C(=O)O. The van der Waals surface area contributed by atoms with Crippen LogP contribution < -0.4 is 5.32 Å². The number of unbranched alkanes of at least 4 members (excludes halogenated alkanes) is 14. The van der Waals surface area contributed by atoms with E-state index < -0.39 is 12.0 Å². The van der Waals surface area contributed by atoms with Crippen LogP contribution in [0.1, 0.15) is 116 Å². The number of aliphatic carboxylic acids is 1. The molecule has 0 rings (SSSR count). The van der Waals surface area contributed by atoms with Gasteiger partial charge in [-0.2, -0.15) is 0 Å². The maximum absolute atomic E-state index is 11.7. The molecule has 0 bridgehead atoms. The van der Waals surface area contributed by atoms with E-state index in [9.17, 15) is 9.59 Å². The molecule has 160 valence electrons. The van der Waals surface area contributed by atoms with Crippen molar-refractivity contribution >= 4 is 11.9 Å². The first-order chi connectivity index (χ1) is 13.1. The van der Waals surface area contributed by atoms with Crippen LogP contribution in [0.5, 0.6) is 0 Å². The quantitative estimate of drug-likeness (QED) is 0.251. The predicted octanol–water partition coefficient (Wildman–Crippen LogP) is 5.20. The third-order valence-corrected chi connectivity index (χ3v) is 5.06. The molecule has 1 amide bonds. The highest BCUT2D eigenvalue weighted by molar-refractivity contribution is 5.83. The fourth-order valence-corrected chi connectivity index (χ4v) is 3.31. The Morgan fingerprint density at radius 1 is 0.741 bits per heavy atom. The number of aliphatic hydroxyl groups is 1. The molecule has 0 radical (unpaired) electrons. The zero-order chi connectivity index (χ0) is 20.2. The molecule has 5 nitrogen and oxygen atoms in total. The number of aliphatic hydroxyl groups excluding tert-OH is 1. The number of carboxylic acids is 1. The molecule has 0 aromatic carbocycles. The van der Waals surface area contributed by atoms with Crippen LogP contribution in [0.25, 0.3) is 0 Å². The van der Waals surface area contributed by atoms with Crippen molar-refractivity contribution in [2.24, 2.45) is 0 Å². The van der Waals surface area contributed by atoms with Gasteiger partial charge in [-0.25, -0.2) is 4.79 Å². The summed E-state index contributed by atoms with van der Waals surface area (Å²) < 4.78 is 0. The van der Waals surface area contributed by atoms with E-state index in [1.807, 2.05) is 0 Å². The van der Waals surface area contributed by atoms with E-state index in [-0.39, 0.29) is 18.9 Å². The zero-order valence-electron chi connectivity index (χ0n) is 17.5. The van der Waals surface area contributed by atoms with Gasteiger partial charge in [0.05, 0.1) is 0 Å². The average Bonchev–Trinajstić information content (AvgIpc) is 2.64. The highest BCUT2D eigenvalue weighted by Gasteiger charge is 2.18. The van der Waals surface area contributed by atoms with Crippen LogP contribution in [0.4, 0.5) is 0 Å². The summed E-state index contributed by atoms with van der Waals surface area (Å²) >= 11 is 0. The van der Waals surface area contributed by atoms with Crippen LogP contribution in [0.15, 0.2) is 0 Å². The van der Waals surface area contributed by atoms with Crippen LogP contribution in [-0.2, 0) is 9.59 Å². The molecule has 0 saturated carbocycles. The summed E-state index contributed by atoms with van der Waals surface area (Å²) in [5, 5.41) is 20.2. The van der Waals surface area contributed by atoms with Gasteiger partial charge in [-0.15, -0.1) is 0 Å². The fraction of sp³-hybridized carbons (Fsp3) is 0.909. The Bertz CT molecular complexity index is 360. The number of carbonyl (C=O) groups excluding carboxylic acids is 1. The van der Waals surface area contributed by atoms with Gasteiger partial charge in [0.2, 0.25) is 5.91 Å². The van der Waals surface area contributed by atoms with Gasteiger partial charge >= 0.3 is 5.97 Å². The first-order valence-electron chi connectivity index (χ1n) is 11.2. The normalized spacial score (nSPS) is 12.1. The van der Waals surface area contributed by atoms with E-state index in [0.29, 0.717) is 6.42 Å². The van der Waals surface area contributed by atoms with Crippen molar-refractivity contribution in [3.05, 3.63) is 0 Å². The molecule has 0 spiro atoms. The minimum atomic E-state index is -1.09. The van der Waals surface area contributed by atoms with Crippen LogP contribution >= 0.6 is 0 Å². The van der Waals surface area contributed by atoms with Crippen molar-refractivity contribution < 1.29 is 19.8 Å². The molecule has 27 heavy (non-hydrogen) atoms. The summed E-state index contributed by atoms with van der Waals surface area (Å²) in [5.41, 5.74) is 0. The van der Waals surface area contributed by atoms with E-state index in [0.717, 1.165) is 19.3 Å². The maximum atomic E-state index is 11.7. The zero-order valence-corrected chi connectivity index (χ0v) is 17.5. The van der Waals surface area contributed by atoms with E-state index >= 15 is 0 Å². The van der Waals surface area contributed by atoms with E-state index in [1.165, 1.54) is 77.0 Å². The number of carboxylic acid groups (broad SMARTS) is 1. The second-order valence-electron chi connectivity index (χ2n) is 7.67. The van der Waals surface area contributed by atoms with Gasteiger partial charge in [0.25, 0.3) is 0 Å². The highest BCUT2D eigenvalue weighted by atomic mass is 16.4. The lowest BCUT2D eigenvalue weighted by atomic mass is 10.0. The molecular formula is C22H43NO4. The Kier molecular flexibility index (Phi) is 18.9. The Hall–Kier alpha value is -1.10. The van der Waals surface area contributed by atoms with Gasteiger partial charge in [0, 0.05) is 19.4 Å². The van der Waals surface area contributed by atoms with E-state index in [4.69, 9.17) is 10.2 Å². The minimum Gasteiger partial charge on any atom is -0.480 e. The molecule has 1 atom stereocenters. The number of nitrogens with one attached hydrogen (secondary N) is 1. The van der Waals surface area contributed by atoms with Crippen molar-refractivity contribution in [1.29, 1.82) is 0 Å². The second kappa shape index (κ2) is 19.7. The molecule has 3 N–H and O–H groups in total. The highest BCUT2D eigenvalue weighted by Crippen LogP contribution is 2.13. The molecule has 0 heterocycles. The first-order valence-corrected chi connectivity index (χ1v) is 11.2. The van der Waals surface area contributed by atoms with Gasteiger partial charge in [-0.1, -0.05) is 96.8 Å². The molecule has 0 aliphatic carbocycles. The molecule has 5 heteroatoms. The predicted molar refractivity (Wildman–Crippen MR) is 111 cm³/mol. The number of rotatable bonds is 20. The van der Waals surface area contributed by atoms with Gasteiger partial charge in [0.1, 0.15) is 6.04 Å². The van der Waals surface area contributed by atoms with Crippen molar-refractivity contribution in [3.8, 4) is 0 Å². The number of hydrogen-bond acceptors (Lipinski definition) is 3. The molecule has 0 unspecified atom stereocenters. The average molecular weight is 386 g/mol. The summed E-state index contributed by atoms with van der Waals surface area (Å²) in [4.78, 5) is 22.6. The van der Waals surface area contributed by atoms with Gasteiger partial charge < -0.3 is 15.5 Å². The van der Waals surface area contributed by atoms with Crippen molar-refractivity contribution in [2.45, 2.75) is 122 Å². The third kappa shape index (κ3) is 18.0. The van der Waals surface area contributed by atoms with Gasteiger partial charge in [-0.05, 0) is 6.42 Å². The lowest BCUT2D eigenvalue weighted by Crippen LogP contribution is -2.41. The number of amides is 1. The molecule has 0 aliphatic heterocycles. The largest absolute Gasteiger partial charge is 0.480 e. The second-order valence-corrected chi connectivity index (χ2v) is 7.67. The Morgan fingerprint density at radius 2 is 1.15 bits per heavy atom. The third-order valence-electron chi connectivity index (χ3n) is 5.06.